The van der Waals surface area contributed by atoms with Crippen LogP contribution in [0.25, 0.3) is 11.0 Å². The maximum absolute atomic E-state index is 12.5. The SMILES string of the molecule is Cc1ccnc(CC(C)N(C)C(=O)Nc2ccc3oc(C)cc3c2)c1. The smallest absolute Gasteiger partial charge is 0.321 e. The molecule has 2 heterocycles. The number of aryl methyl sites for hydroxylation is 2. The highest BCUT2D eigenvalue weighted by Crippen LogP contribution is 2.23. The summed E-state index contributed by atoms with van der Waals surface area (Å²) in [7, 11) is 1.80. The molecule has 0 bridgehead atoms. The Bertz CT molecular complexity index is 901. The summed E-state index contributed by atoms with van der Waals surface area (Å²) >= 11 is 0. The first-order valence-corrected chi connectivity index (χ1v) is 8.38. The number of benzene rings is 1. The molecule has 2 aromatic heterocycles. The summed E-state index contributed by atoms with van der Waals surface area (Å²) in [6.07, 6.45) is 2.52. The number of carbonyl (C=O) groups is 1. The summed E-state index contributed by atoms with van der Waals surface area (Å²) in [6, 6.07) is 11.5. The number of aromatic nitrogens is 1. The molecule has 0 aliphatic heterocycles. The van der Waals surface area contributed by atoms with Crippen molar-refractivity contribution in [3.63, 3.8) is 0 Å². The lowest BCUT2D eigenvalue weighted by Crippen LogP contribution is -2.39. The Morgan fingerprint density at radius 2 is 2.04 bits per heavy atom. The third kappa shape index (κ3) is 3.99. The van der Waals surface area contributed by atoms with Gasteiger partial charge in [-0.1, -0.05) is 0 Å². The zero-order chi connectivity index (χ0) is 18.0. The van der Waals surface area contributed by atoms with Gasteiger partial charge in [-0.3, -0.25) is 4.98 Å². The number of rotatable bonds is 4. The van der Waals surface area contributed by atoms with Gasteiger partial charge in [-0.05, 0) is 62.7 Å². The molecule has 0 radical (unpaired) electrons. The van der Waals surface area contributed by atoms with Crippen LogP contribution in [0.1, 0.15) is 23.9 Å². The lowest BCUT2D eigenvalue weighted by Gasteiger charge is -2.25. The van der Waals surface area contributed by atoms with Crippen LogP contribution in [0.2, 0.25) is 0 Å². The second kappa shape index (κ2) is 6.97. The Morgan fingerprint density at radius 3 is 2.80 bits per heavy atom. The largest absolute Gasteiger partial charge is 0.461 e. The van der Waals surface area contributed by atoms with E-state index in [1.165, 1.54) is 5.56 Å². The van der Waals surface area contributed by atoms with E-state index in [1.54, 1.807) is 18.1 Å². The van der Waals surface area contributed by atoms with Crippen LogP contribution in [0.15, 0.2) is 47.0 Å². The number of urea groups is 1. The molecule has 5 heteroatoms. The molecule has 3 aromatic rings. The first-order valence-electron chi connectivity index (χ1n) is 8.38. The van der Waals surface area contributed by atoms with E-state index in [9.17, 15) is 4.79 Å². The van der Waals surface area contributed by atoms with Gasteiger partial charge in [0.25, 0.3) is 0 Å². The fourth-order valence-electron chi connectivity index (χ4n) is 2.82. The Kier molecular flexibility index (Phi) is 4.74. The van der Waals surface area contributed by atoms with Gasteiger partial charge in [0.1, 0.15) is 11.3 Å². The van der Waals surface area contributed by atoms with Crippen LogP contribution in [0.5, 0.6) is 0 Å². The van der Waals surface area contributed by atoms with Crippen LogP contribution in [0.3, 0.4) is 0 Å². The highest BCUT2D eigenvalue weighted by Gasteiger charge is 2.17. The maximum atomic E-state index is 12.5. The molecule has 25 heavy (non-hydrogen) atoms. The predicted octanol–water partition coefficient (Wildman–Crippen LogP) is 4.54. The van der Waals surface area contributed by atoms with E-state index in [2.05, 4.69) is 16.4 Å². The molecule has 0 fully saturated rings. The van der Waals surface area contributed by atoms with Crippen molar-refractivity contribution in [2.45, 2.75) is 33.2 Å². The maximum Gasteiger partial charge on any atom is 0.321 e. The van der Waals surface area contributed by atoms with E-state index in [4.69, 9.17) is 4.42 Å². The Labute approximate surface area is 147 Å². The van der Waals surface area contributed by atoms with Crippen molar-refractivity contribution in [3.05, 3.63) is 59.6 Å². The second-order valence-corrected chi connectivity index (χ2v) is 6.53. The van der Waals surface area contributed by atoms with Gasteiger partial charge in [-0.2, -0.15) is 0 Å². The van der Waals surface area contributed by atoms with Gasteiger partial charge in [-0.25, -0.2) is 4.79 Å². The number of hydrogen-bond acceptors (Lipinski definition) is 3. The molecule has 3 rings (SSSR count). The number of carbonyl (C=O) groups excluding carboxylic acids is 1. The summed E-state index contributed by atoms with van der Waals surface area (Å²) in [5, 5.41) is 3.93. The Balaban J connectivity index is 1.66. The molecule has 1 unspecified atom stereocenters. The van der Waals surface area contributed by atoms with Gasteiger partial charge in [-0.15, -0.1) is 0 Å². The van der Waals surface area contributed by atoms with Crippen molar-refractivity contribution < 1.29 is 9.21 Å². The van der Waals surface area contributed by atoms with Crippen LogP contribution in [-0.2, 0) is 6.42 Å². The predicted molar refractivity (Wildman–Crippen MR) is 99.9 cm³/mol. The first kappa shape index (κ1) is 17.0. The molecule has 5 nitrogen and oxygen atoms in total. The fraction of sp³-hybridized carbons (Fsp3) is 0.300. The van der Waals surface area contributed by atoms with E-state index in [0.717, 1.165) is 28.1 Å². The minimum absolute atomic E-state index is 0.0363. The van der Waals surface area contributed by atoms with E-state index in [1.807, 2.05) is 51.1 Å². The number of amides is 2. The van der Waals surface area contributed by atoms with Gasteiger partial charge in [0.2, 0.25) is 0 Å². The summed E-state index contributed by atoms with van der Waals surface area (Å²) in [6.45, 7) is 5.97. The standard InChI is InChI=1S/C20H23N3O2/c1-13-7-8-21-18(9-13)10-14(2)23(4)20(24)22-17-5-6-19-16(12-17)11-15(3)25-19/h5-9,11-12,14H,10H2,1-4H3,(H,22,24). The van der Waals surface area contributed by atoms with Crippen LogP contribution >= 0.6 is 0 Å². The molecule has 0 saturated carbocycles. The number of furan rings is 1. The van der Waals surface area contributed by atoms with Gasteiger partial charge in [0, 0.05) is 42.5 Å². The third-order valence-corrected chi connectivity index (χ3v) is 4.35. The minimum atomic E-state index is -0.139. The van der Waals surface area contributed by atoms with Crippen molar-refractivity contribution in [1.82, 2.24) is 9.88 Å². The van der Waals surface area contributed by atoms with E-state index in [0.29, 0.717) is 6.42 Å². The van der Waals surface area contributed by atoms with Crippen LogP contribution in [0, 0.1) is 13.8 Å². The molecule has 1 aromatic carbocycles. The fourth-order valence-corrected chi connectivity index (χ4v) is 2.82. The average molecular weight is 337 g/mol. The van der Waals surface area contributed by atoms with Crippen molar-refractivity contribution in [2.24, 2.45) is 0 Å². The Hall–Kier alpha value is -2.82. The Morgan fingerprint density at radius 1 is 1.24 bits per heavy atom. The topological polar surface area (TPSA) is 58.4 Å². The molecule has 0 aliphatic carbocycles. The number of likely N-dealkylation sites (N-methyl/N-ethyl adjacent to an activating group) is 1. The van der Waals surface area contributed by atoms with E-state index in [-0.39, 0.29) is 12.1 Å². The van der Waals surface area contributed by atoms with Crippen LogP contribution in [0.4, 0.5) is 10.5 Å². The normalized spacial score (nSPS) is 12.2. The van der Waals surface area contributed by atoms with Gasteiger partial charge in [0.15, 0.2) is 0 Å². The number of hydrogen-bond donors (Lipinski definition) is 1. The summed E-state index contributed by atoms with van der Waals surface area (Å²) in [4.78, 5) is 18.6. The number of pyridine rings is 1. The molecular formula is C20H23N3O2. The number of nitrogens with one attached hydrogen (secondary N) is 1. The monoisotopic (exact) mass is 337 g/mol. The van der Waals surface area contributed by atoms with Gasteiger partial charge in [0.05, 0.1) is 0 Å². The highest BCUT2D eigenvalue weighted by atomic mass is 16.3. The molecular weight excluding hydrogens is 314 g/mol. The molecule has 0 spiro atoms. The summed E-state index contributed by atoms with van der Waals surface area (Å²) in [5.74, 6) is 0.856. The van der Waals surface area contributed by atoms with Gasteiger partial charge < -0.3 is 14.6 Å². The molecule has 2 amide bonds. The number of nitrogens with zero attached hydrogens (tertiary/aromatic N) is 2. The number of fused-ring (bicyclic) bond motifs is 1. The molecule has 1 N–H and O–H groups in total. The average Bonchev–Trinajstić information content (AvgIpc) is 2.93. The zero-order valence-electron chi connectivity index (χ0n) is 15.0. The van der Waals surface area contributed by atoms with Crippen molar-refractivity contribution in [3.8, 4) is 0 Å². The summed E-state index contributed by atoms with van der Waals surface area (Å²) in [5.41, 5.74) is 3.74. The molecule has 1 atom stereocenters. The first-order chi connectivity index (χ1) is 11.9. The van der Waals surface area contributed by atoms with Crippen LogP contribution < -0.4 is 5.32 Å². The lowest BCUT2D eigenvalue weighted by atomic mass is 10.1. The van der Waals surface area contributed by atoms with Crippen molar-refractivity contribution >= 4 is 22.7 Å². The third-order valence-electron chi connectivity index (χ3n) is 4.35. The summed E-state index contributed by atoms with van der Waals surface area (Å²) < 4.78 is 5.56. The molecule has 0 aliphatic rings. The molecule has 0 saturated heterocycles. The minimum Gasteiger partial charge on any atom is -0.461 e. The van der Waals surface area contributed by atoms with Crippen LogP contribution in [-0.4, -0.2) is 29.0 Å². The zero-order valence-corrected chi connectivity index (χ0v) is 15.0. The second-order valence-electron chi connectivity index (χ2n) is 6.53. The van der Waals surface area contributed by atoms with Gasteiger partial charge >= 0.3 is 6.03 Å². The quantitative estimate of drug-likeness (QED) is 0.760. The lowest BCUT2D eigenvalue weighted by molar-refractivity contribution is 0.207. The van der Waals surface area contributed by atoms with Crippen molar-refractivity contribution in [2.75, 3.05) is 12.4 Å². The van der Waals surface area contributed by atoms with E-state index >= 15 is 0 Å². The number of anilines is 1. The van der Waals surface area contributed by atoms with E-state index < -0.39 is 0 Å². The highest BCUT2D eigenvalue weighted by molar-refractivity contribution is 5.92. The molecule has 130 valence electrons. The van der Waals surface area contributed by atoms with Crippen molar-refractivity contribution in [1.29, 1.82) is 0 Å².